The van der Waals surface area contributed by atoms with Gasteiger partial charge in [0.05, 0.1) is 18.7 Å². The molecule has 2 rings (SSSR count). The molecule has 0 spiro atoms. The van der Waals surface area contributed by atoms with E-state index in [1.54, 1.807) is 0 Å². The maximum atomic E-state index is 11.9. The molecule has 0 radical (unpaired) electrons. The van der Waals surface area contributed by atoms with E-state index in [1.165, 1.54) is 24.9 Å². The van der Waals surface area contributed by atoms with E-state index >= 15 is 0 Å². The number of nitrogens with zero attached hydrogens (tertiary/aromatic N) is 3. The number of carboxylic acids is 1. The Morgan fingerprint density at radius 2 is 2.15 bits per heavy atom. The minimum Gasteiger partial charge on any atom is -0.480 e. The maximum Gasteiger partial charge on any atom is 0.326 e. The molecule has 2 aromatic heterocycles. The van der Waals surface area contributed by atoms with Gasteiger partial charge in [-0.3, -0.25) is 9.78 Å². The predicted octanol–water partition coefficient (Wildman–Crippen LogP) is 0.279. The number of carboxylic acid groups (broad SMARTS) is 1. The molecule has 0 aliphatic heterocycles. The highest BCUT2D eigenvalue weighted by Gasteiger charge is 2.22. The monoisotopic (exact) mass is 295 g/mol. The van der Waals surface area contributed by atoms with Gasteiger partial charge in [0.15, 0.2) is 0 Å². The van der Waals surface area contributed by atoms with Crippen molar-refractivity contribution >= 4 is 23.5 Å². The van der Waals surface area contributed by atoms with E-state index in [0.29, 0.717) is 5.69 Å². The number of H-pyrrole nitrogens is 1. The number of carbonyl (C=O) groups excluding carboxylic acids is 1. The Balaban J connectivity index is 2.08. The fourth-order valence-corrected chi connectivity index (χ4v) is 1.65. The van der Waals surface area contributed by atoms with Crippen molar-refractivity contribution in [3.8, 4) is 0 Å². The Morgan fingerprint density at radius 3 is 2.75 bits per heavy atom. The number of hydrogen-bond donors (Lipinski definition) is 3. The van der Waals surface area contributed by atoms with Crippen molar-refractivity contribution in [2.75, 3.05) is 0 Å². The molecule has 0 aromatic carbocycles. The molecule has 2 heterocycles. The minimum absolute atomic E-state index is 0.0478. The molecule has 0 bridgehead atoms. The quantitative estimate of drug-likeness (QED) is 0.728. The fourth-order valence-electron chi connectivity index (χ4n) is 1.50. The van der Waals surface area contributed by atoms with Crippen LogP contribution in [0.5, 0.6) is 0 Å². The molecule has 104 valence electrons. The molecule has 1 atom stereocenters. The van der Waals surface area contributed by atoms with Crippen LogP contribution in [-0.4, -0.2) is 43.0 Å². The minimum atomic E-state index is -1.16. The Kier molecular flexibility index (Phi) is 4.26. The second-order valence-electron chi connectivity index (χ2n) is 3.87. The average molecular weight is 296 g/mol. The molecule has 0 saturated heterocycles. The second-order valence-corrected chi connectivity index (χ2v) is 4.26. The lowest BCUT2D eigenvalue weighted by Gasteiger charge is -2.13. The zero-order chi connectivity index (χ0) is 14.5. The van der Waals surface area contributed by atoms with Crippen LogP contribution in [0.2, 0.25) is 5.15 Å². The molecule has 20 heavy (non-hydrogen) atoms. The molecular weight excluding hydrogens is 286 g/mol. The smallest absolute Gasteiger partial charge is 0.326 e. The van der Waals surface area contributed by atoms with Crippen molar-refractivity contribution in [3.05, 3.63) is 41.5 Å². The normalized spacial score (nSPS) is 11.8. The van der Waals surface area contributed by atoms with E-state index in [2.05, 4.69) is 25.3 Å². The van der Waals surface area contributed by atoms with Crippen LogP contribution in [0.25, 0.3) is 0 Å². The van der Waals surface area contributed by atoms with E-state index in [0.717, 1.165) is 0 Å². The number of hydrogen-bond acceptors (Lipinski definition) is 5. The largest absolute Gasteiger partial charge is 0.480 e. The van der Waals surface area contributed by atoms with Gasteiger partial charge in [-0.05, 0) is 0 Å². The number of nitrogens with one attached hydrogen (secondary N) is 2. The number of aromatic nitrogens is 4. The molecule has 8 nitrogen and oxygen atoms in total. The first-order chi connectivity index (χ1) is 9.56. The standard InChI is InChI=1S/C11H10ClN5O3/c12-9-4-13-3-8(16-9)10(18)17-7(11(19)20)1-6-2-14-5-15-6/h2-5,7H,1H2,(H,14,15)(H,17,18)(H,19,20). The molecule has 3 N–H and O–H groups in total. The van der Waals surface area contributed by atoms with Gasteiger partial charge in [0, 0.05) is 18.3 Å². The summed E-state index contributed by atoms with van der Waals surface area (Å²) in [6.45, 7) is 0. The summed E-state index contributed by atoms with van der Waals surface area (Å²) in [5, 5.41) is 11.5. The van der Waals surface area contributed by atoms with Gasteiger partial charge in [-0.1, -0.05) is 11.6 Å². The molecule has 0 aliphatic rings. The van der Waals surface area contributed by atoms with Gasteiger partial charge >= 0.3 is 5.97 Å². The molecule has 0 aliphatic carbocycles. The average Bonchev–Trinajstić information content (AvgIpc) is 2.90. The summed E-state index contributed by atoms with van der Waals surface area (Å²) in [7, 11) is 0. The molecule has 9 heteroatoms. The van der Waals surface area contributed by atoms with E-state index in [-0.39, 0.29) is 17.3 Å². The van der Waals surface area contributed by atoms with Crippen molar-refractivity contribution in [1.29, 1.82) is 0 Å². The number of aromatic amines is 1. The first-order valence-electron chi connectivity index (χ1n) is 5.54. The third-order valence-electron chi connectivity index (χ3n) is 2.42. The Bertz CT molecular complexity index is 616. The predicted molar refractivity (Wildman–Crippen MR) is 68.2 cm³/mol. The summed E-state index contributed by atoms with van der Waals surface area (Å²) >= 11 is 5.62. The molecule has 1 unspecified atom stereocenters. The van der Waals surface area contributed by atoms with Crippen LogP contribution in [0.1, 0.15) is 16.2 Å². The number of imidazole rings is 1. The third-order valence-corrected chi connectivity index (χ3v) is 2.60. The summed E-state index contributed by atoms with van der Waals surface area (Å²) in [6, 6.07) is -1.11. The van der Waals surface area contributed by atoms with Crippen molar-refractivity contribution < 1.29 is 14.7 Å². The highest BCUT2D eigenvalue weighted by Crippen LogP contribution is 2.04. The molecule has 0 saturated carbocycles. The van der Waals surface area contributed by atoms with Crippen LogP contribution in [0.15, 0.2) is 24.9 Å². The van der Waals surface area contributed by atoms with E-state index in [4.69, 9.17) is 16.7 Å². The van der Waals surface area contributed by atoms with Crippen molar-refractivity contribution in [3.63, 3.8) is 0 Å². The van der Waals surface area contributed by atoms with Gasteiger partial charge in [0.1, 0.15) is 16.9 Å². The van der Waals surface area contributed by atoms with Gasteiger partial charge in [-0.25, -0.2) is 14.8 Å². The zero-order valence-electron chi connectivity index (χ0n) is 10.1. The second kappa shape index (κ2) is 6.11. The van der Waals surface area contributed by atoms with E-state index in [9.17, 15) is 9.59 Å². The summed E-state index contributed by atoms with van der Waals surface area (Å²) < 4.78 is 0. The van der Waals surface area contributed by atoms with Gasteiger partial charge in [-0.15, -0.1) is 0 Å². The number of halogens is 1. The van der Waals surface area contributed by atoms with E-state index in [1.807, 2.05) is 0 Å². The van der Waals surface area contributed by atoms with Crippen LogP contribution < -0.4 is 5.32 Å². The van der Waals surface area contributed by atoms with Gasteiger partial charge < -0.3 is 15.4 Å². The number of aliphatic carboxylic acids is 1. The molecule has 2 aromatic rings. The number of carbonyl (C=O) groups is 2. The highest BCUT2D eigenvalue weighted by molar-refractivity contribution is 6.29. The van der Waals surface area contributed by atoms with Gasteiger partial charge in [0.25, 0.3) is 5.91 Å². The molecule has 0 fully saturated rings. The molecule has 1 amide bonds. The van der Waals surface area contributed by atoms with E-state index < -0.39 is 17.9 Å². The lowest BCUT2D eigenvalue weighted by Crippen LogP contribution is -2.42. The van der Waals surface area contributed by atoms with Gasteiger partial charge in [0.2, 0.25) is 0 Å². The zero-order valence-corrected chi connectivity index (χ0v) is 10.8. The Hall–Kier alpha value is -2.48. The summed E-state index contributed by atoms with van der Waals surface area (Å²) in [6.07, 6.45) is 5.47. The summed E-state index contributed by atoms with van der Waals surface area (Å²) in [4.78, 5) is 37.1. The van der Waals surface area contributed by atoms with Crippen molar-refractivity contribution in [2.24, 2.45) is 0 Å². The van der Waals surface area contributed by atoms with Crippen molar-refractivity contribution in [2.45, 2.75) is 12.5 Å². The van der Waals surface area contributed by atoms with Crippen LogP contribution >= 0.6 is 11.6 Å². The topological polar surface area (TPSA) is 121 Å². The molecular formula is C11H10ClN5O3. The Labute approximate surface area is 118 Å². The third kappa shape index (κ3) is 3.51. The van der Waals surface area contributed by atoms with Crippen LogP contribution in [0, 0.1) is 0 Å². The van der Waals surface area contributed by atoms with Gasteiger partial charge in [-0.2, -0.15) is 0 Å². The van der Waals surface area contributed by atoms with Crippen LogP contribution in [-0.2, 0) is 11.2 Å². The Morgan fingerprint density at radius 1 is 1.35 bits per heavy atom. The SMILES string of the molecule is O=C(NC(Cc1cnc[nH]1)C(=O)O)c1cncc(Cl)n1. The first kappa shape index (κ1) is 13.9. The number of rotatable bonds is 5. The van der Waals surface area contributed by atoms with Crippen LogP contribution in [0.4, 0.5) is 0 Å². The summed E-state index contributed by atoms with van der Waals surface area (Å²) in [5.41, 5.74) is 0.545. The first-order valence-corrected chi connectivity index (χ1v) is 5.92. The van der Waals surface area contributed by atoms with Crippen molar-refractivity contribution in [1.82, 2.24) is 25.3 Å². The maximum absolute atomic E-state index is 11.9. The lowest BCUT2D eigenvalue weighted by molar-refractivity contribution is -0.139. The lowest BCUT2D eigenvalue weighted by atomic mass is 10.1. The van der Waals surface area contributed by atoms with Crippen LogP contribution in [0.3, 0.4) is 0 Å². The summed E-state index contributed by atoms with van der Waals surface area (Å²) in [5.74, 6) is -1.82. The number of amides is 1. The highest BCUT2D eigenvalue weighted by atomic mass is 35.5. The fraction of sp³-hybridized carbons (Fsp3) is 0.182.